The smallest absolute Gasteiger partial charge is 0.270 e. The van der Waals surface area contributed by atoms with Crippen LogP contribution in [0.4, 0.5) is 0 Å². The lowest BCUT2D eigenvalue weighted by molar-refractivity contribution is 0.433. The molecular formula is C13H7N5O2S. The van der Waals surface area contributed by atoms with Gasteiger partial charge in [0.25, 0.3) is 5.89 Å². The molecule has 4 aromatic rings. The number of aromatic nitrogens is 5. The van der Waals surface area contributed by atoms with Gasteiger partial charge in [-0.05, 0) is 12.1 Å². The Labute approximate surface area is 122 Å². The largest absolute Gasteiger partial charge is 0.462 e. The fourth-order valence-corrected chi connectivity index (χ4v) is 2.54. The summed E-state index contributed by atoms with van der Waals surface area (Å²) in [5.74, 6) is 1.50. The van der Waals surface area contributed by atoms with Crippen LogP contribution >= 0.6 is 11.3 Å². The van der Waals surface area contributed by atoms with Crippen molar-refractivity contribution in [2.24, 2.45) is 0 Å². The van der Waals surface area contributed by atoms with Crippen molar-refractivity contribution < 1.29 is 8.94 Å². The molecule has 0 saturated heterocycles. The topological polar surface area (TPSA) is 90.7 Å². The Morgan fingerprint density at radius 3 is 2.90 bits per heavy atom. The molecule has 0 aliphatic carbocycles. The third-order valence-electron chi connectivity index (χ3n) is 2.67. The molecule has 0 amide bonds. The van der Waals surface area contributed by atoms with Crippen LogP contribution in [0.25, 0.3) is 33.1 Å². The van der Waals surface area contributed by atoms with Gasteiger partial charge in [0.1, 0.15) is 10.6 Å². The van der Waals surface area contributed by atoms with Crippen molar-refractivity contribution in [1.29, 1.82) is 0 Å². The van der Waals surface area contributed by atoms with Gasteiger partial charge in [-0.15, -0.1) is 11.3 Å². The number of thiazole rings is 1. The summed E-state index contributed by atoms with van der Waals surface area (Å²) in [4.78, 5) is 17.5. The van der Waals surface area contributed by atoms with Gasteiger partial charge < -0.3 is 8.94 Å². The predicted octanol–water partition coefficient (Wildman–Crippen LogP) is 2.91. The molecule has 7 nitrogen and oxygen atoms in total. The molecule has 0 aromatic carbocycles. The molecule has 102 valence electrons. The molecule has 0 N–H and O–H groups in total. The fraction of sp³-hybridized carbons (Fsp3) is 0. The van der Waals surface area contributed by atoms with Gasteiger partial charge in [0.05, 0.1) is 18.7 Å². The first-order chi connectivity index (χ1) is 10.4. The van der Waals surface area contributed by atoms with Crippen LogP contribution in [0, 0.1) is 0 Å². The molecule has 0 aliphatic rings. The van der Waals surface area contributed by atoms with Gasteiger partial charge >= 0.3 is 0 Å². The van der Waals surface area contributed by atoms with E-state index in [0.29, 0.717) is 23.2 Å². The maximum Gasteiger partial charge on any atom is 0.270 e. The monoisotopic (exact) mass is 297 g/mol. The third kappa shape index (κ3) is 2.21. The second-order valence-electron chi connectivity index (χ2n) is 4.02. The molecular weight excluding hydrogens is 290 g/mol. The molecule has 4 heterocycles. The van der Waals surface area contributed by atoms with Crippen molar-refractivity contribution >= 4 is 11.3 Å². The maximum atomic E-state index is 5.31. The second-order valence-corrected chi connectivity index (χ2v) is 5.05. The van der Waals surface area contributed by atoms with Crippen LogP contribution in [0.15, 0.2) is 52.1 Å². The lowest BCUT2D eigenvalue weighted by atomic mass is 10.4. The maximum absolute atomic E-state index is 5.31. The first kappa shape index (κ1) is 11.9. The molecule has 21 heavy (non-hydrogen) atoms. The summed E-state index contributed by atoms with van der Waals surface area (Å²) in [5, 5.41) is 4.66. The summed E-state index contributed by atoms with van der Waals surface area (Å²) < 4.78 is 10.6. The quantitative estimate of drug-likeness (QED) is 0.574. The normalized spacial score (nSPS) is 10.9. The Morgan fingerprint density at radius 2 is 2.10 bits per heavy atom. The van der Waals surface area contributed by atoms with E-state index in [4.69, 9.17) is 8.94 Å². The second kappa shape index (κ2) is 4.91. The fourth-order valence-electron chi connectivity index (χ4n) is 1.73. The van der Waals surface area contributed by atoms with E-state index in [9.17, 15) is 0 Å². The average Bonchev–Trinajstić information content (AvgIpc) is 3.27. The van der Waals surface area contributed by atoms with E-state index in [2.05, 4.69) is 25.1 Å². The summed E-state index contributed by atoms with van der Waals surface area (Å²) >= 11 is 1.42. The van der Waals surface area contributed by atoms with Crippen molar-refractivity contribution in [3.8, 4) is 33.1 Å². The molecule has 0 spiro atoms. The van der Waals surface area contributed by atoms with Crippen molar-refractivity contribution in [3.05, 3.63) is 43.2 Å². The predicted molar refractivity (Wildman–Crippen MR) is 74.1 cm³/mol. The Bertz CT molecular complexity index is 854. The Hall–Kier alpha value is -2.87. The standard InChI is InChI=1S/C13H7N5O2S/c1-2-9(19-5-1)13-16-7-10(21-13)12-17-11(18-20-12)8-6-14-3-4-15-8/h1-7H. The highest BCUT2D eigenvalue weighted by atomic mass is 32.1. The van der Waals surface area contributed by atoms with Crippen LogP contribution < -0.4 is 0 Å². The zero-order chi connectivity index (χ0) is 14.1. The van der Waals surface area contributed by atoms with Crippen LogP contribution in [0.1, 0.15) is 0 Å². The lowest BCUT2D eigenvalue weighted by Crippen LogP contribution is -1.85. The Morgan fingerprint density at radius 1 is 1.10 bits per heavy atom. The highest BCUT2D eigenvalue weighted by molar-refractivity contribution is 7.18. The number of rotatable bonds is 3. The van der Waals surface area contributed by atoms with E-state index in [0.717, 1.165) is 9.88 Å². The van der Waals surface area contributed by atoms with Gasteiger partial charge in [0.15, 0.2) is 10.8 Å². The van der Waals surface area contributed by atoms with Crippen LogP contribution in [0.3, 0.4) is 0 Å². The molecule has 4 aromatic heterocycles. The van der Waals surface area contributed by atoms with Crippen molar-refractivity contribution in [1.82, 2.24) is 25.1 Å². The van der Waals surface area contributed by atoms with Crippen LogP contribution in [0.5, 0.6) is 0 Å². The Balaban J connectivity index is 1.67. The van der Waals surface area contributed by atoms with Crippen molar-refractivity contribution in [2.45, 2.75) is 0 Å². The van der Waals surface area contributed by atoms with Gasteiger partial charge in [-0.1, -0.05) is 5.16 Å². The third-order valence-corrected chi connectivity index (χ3v) is 3.67. The van der Waals surface area contributed by atoms with Gasteiger partial charge in [-0.2, -0.15) is 4.98 Å². The SMILES string of the molecule is c1coc(-c2ncc(-c3nc(-c4cnccn4)no3)s2)c1. The molecule has 0 saturated carbocycles. The first-order valence-electron chi connectivity index (χ1n) is 6.00. The van der Waals surface area contributed by atoms with E-state index < -0.39 is 0 Å². The van der Waals surface area contributed by atoms with E-state index in [1.54, 1.807) is 31.1 Å². The van der Waals surface area contributed by atoms with Gasteiger partial charge in [0.2, 0.25) is 5.82 Å². The summed E-state index contributed by atoms with van der Waals surface area (Å²) in [7, 11) is 0. The highest BCUT2D eigenvalue weighted by Gasteiger charge is 2.15. The first-order valence-corrected chi connectivity index (χ1v) is 6.82. The minimum atomic E-state index is 0.394. The summed E-state index contributed by atoms with van der Waals surface area (Å²) in [6, 6.07) is 3.66. The molecule has 0 atom stereocenters. The van der Waals surface area contributed by atoms with Gasteiger partial charge in [-0.25, -0.2) is 9.97 Å². The summed E-state index contributed by atoms with van der Waals surface area (Å²) in [5.41, 5.74) is 0.559. The number of hydrogen-bond acceptors (Lipinski definition) is 8. The van der Waals surface area contributed by atoms with E-state index in [-0.39, 0.29) is 0 Å². The number of furan rings is 1. The molecule has 0 aliphatic heterocycles. The highest BCUT2D eigenvalue weighted by Crippen LogP contribution is 2.31. The Kier molecular flexibility index (Phi) is 2.79. The van der Waals surface area contributed by atoms with E-state index >= 15 is 0 Å². The summed E-state index contributed by atoms with van der Waals surface area (Å²) in [6.45, 7) is 0. The molecule has 8 heteroatoms. The van der Waals surface area contributed by atoms with Gasteiger partial charge in [-0.3, -0.25) is 4.98 Å². The minimum absolute atomic E-state index is 0.394. The van der Waals surface area contributed by atoms with Crippen LogP contribution in [-0.2, 0) is 0 Å². The van der Waals surface area contributed by atoms with Crippen LogP contribution in [-0.4, -0.2) is 25.1 Å². The van der Waals surface area contributed by atoms with E-state index in [1.807, 2.05) is 12.1 Å². The number of hydrogen-bond donors (Lipinski definition) is 0. The van der Waals surface area contributed by atoms with Crippen molar-refractivity contribution in [2.75, 3.05) is 0 Å². The number of nitrogens with zero attached hydrogens (tertiary/aromatic N) is 5. The molecule has 0 radical (unpaired) electrons. The molecule has 0 unspecified atom stereocenters. The van der Waals surface area contributed by atoms with E-state index in [1.165, 1.54) is 11.3 Å². The van der Waals surface area contributed by atoms with Gasteiger partial charge in [0, 0.05) is 12.4 Å². The lowest BCUT2D eigenvalue weighted by Gasteiger charge is -1.88. The van der Waals surface area contributed by atoms with Crippen molar-refractivity contribution in [3.63, 3.8) is 0 Å². The zero-order valence-electron chi connectivity index (χ0n) is 10.5. The zero-order valence-corrected chi connectivity index (χ0v) is 11.3. The summed E-state index contributed by atoms with van der Waals surface area (Å²) in [6.07, 6.45) is 8.03. The molecule has 4 rings (SSSR count). The molecule has 0 bridgehead atoms. The minimum Gasteiger partial charge on any atom is -0.462 e. The van der Waals surface area contributed by atoms with Crippen LogP contribution in [0.2, 0.25) is 0 Å². The molecule has 0 fully saturated rings. The average molecular weight is 297 g/mol.